The lowest BCUT2D eigenvalue weighted by atomic mass is 10.2. The molecule has 3 rings (SSSR count). The number of ether oxygens (including phenoxy) is 1. The lowest BCUT2D eigenvalue weighted by Crippen LogP contribution is -2.31. The van der Waals surface area contributed by atoms with Crippen molar-refractivity contribution in [1.82, 2.24) is 14.5 Å². The molecular formula is C20H19ClN4O2. The van der Waals surface area contributed by atoms with E-state index in [0.717, 1.165) is 0 Å². The fourth-order valence-electron chi connectivity index (χ4n) is 2.77. The van der Waals surface area contributed by atoms with Crippen molar-refractivity contribution in [2.75, 3.05) is 20.2 Å². The van der Waals surface area contributed by atoms with Crippen LogP contribution in [0.4, 0.5) is 0 Å². The predicted octanol–water partition coefficient (Wildman–Crippen LogP) is 3.08. The summed E-state index contributed by atoms with van der Waals surface area (Å²) in [6, 6.07) is 16.4. The third-order valence-corrected chi connectivity index (χ3v) is 4.35. The summed E-state index contributed by atoms with van der Waals surface area (Å²) in [6.45, 7) is 1.49. The number of rotatable bonds is 7. The van der Waals surface area contributed by atoms with Crippen LogP contribution in [-0.4, -0.2) is 34.7 Å². The third kappa shape index (κ3) is 4.64. The minimum absolute atomic E-state index is 0.0289. The summed E-state index contributed by atoms with van der Waals surface area (Å²) in [4.78, 5) is 19.2. The quantitative estimate of drug-likeness (QED) is 0.628. The predicted molar refractivity (Wildman–Crippen MR) is 105 cm³/mol. The second kappa shape index (κ2) is 8.67. The second-order valence-corrected chi connectivity index (χ2v) is 6.57. The lowest BCUT2D eigenvalue weighted by Gasteiger charge is -2.19. The van der Waals surface area contributed by atoms with Gasteiger partial charge in [0.05, 0.1) is 23.5 Å². The fourth-order valence-corrected chi connectivity index (χ4v) is 2.95. The number of halogens is 1. The lowest BCUT2D eigenvalue weighted by molar-refractivity contribution is 0.227. The molecule has 0 fully saturated rings. The molecule has 0 amide bonds. The van der Waals surface area contributed by atoms with Crippen LogP contribution < -0.4 is 10.3 Å². The van der Waals surface area contributed by atoms with Gasteiger partial charge in [-0.15, -0.1) is 0 Å². The number of hydrogen-bond acceptors (Lipinski definition) is 5. The molecule has 138 valence electrons. The summed E-state index contributed by atoms with van der Waals surface area (Å²) < 4.78 is 7.13. The largest absolute Gasteiger partial charge is 0.492 e. The normalized spacial score (nSPS) is 10.9. The van der Waals surface area contributed by atoms with Gasteiger partial charge in [0.25, 0.3) is 5.56 Å². The number of nitrogens with zero attached hydrogens (tertiary/aromatic N) is 4. The first-order valence-electron chi connectivity index (χ1n) is 8.51. The molecule has 1 heterocycles. The van der Waals surface area contributed by atoms with Crippen LogP contribution in [0.5, 0.6) is 5.75 Å². The number of aromatic nitrogens is 2. The molecule has 2 aromatic carbocycles. The number of hydrogen-bond donors (Lipinski definition) is 0. The molecule has 0 unspecified atom stereocenters. The second-order valence-electron chi connectivity index (χ2n) is 6.14. The van der Waals surface area contributed by atoms with Crippen molar-refractivity contribution >= 4 is 22.5 Å². The average Bonchev–Trinajstić information content (AvgIpc) is 2.65. The zero-order valence-electron chi connectivity index (χ0n) is 14.9. The van der Waals surface area contributed by atoms with Crippen LogP contribution in [-0.2, 0) is 13.1 Å². The smallest absolute Gasteiger partial charge is 0.262 e. The Labute approximate surface area is 162 Å². The molecule has 0 aliphatic heterocycles. The highest BCUT2D eigenvalue weighted by Crippen LogP contribution is 2.17. The van der Waals surface area contributed by atoms with Crippen molar-refractivity contribution in [3.05, 3.63) is 69.7 Å². The summed E-state index contributed by atoms with van der Waals surface area (Å²) in [7, 11) is 1.92. The van der Waals surface area contributed by atoms with E-state index in [1.165, 1.54) is 4.57 Å². The maximum absolute atomic E-state index is 12.7. The Bertz CT molecular complexity index is 1040. The van der Waals surface area contributed by atoms with E-state index in [1.807, 2.05) is 36.2 Å². The van der Waals surface area contributed by atoms with E-state index >= 15 is 0 Å². The minimum atomic E-state index is -0.194. The van der Waals surface area contributed by atoms with Crippen LogP contribution in [0.25, 0.3) is 10.9 Å². The van der Waals surface area contributed by atoms with E-state index < -0.39 is 0 Å². The van der Waals surface area contributed by atoms with Crippen molar-refractivity contribution in [2.45, 2.75) is 13.1 Å². The van der Waals surface area contributed by atoms with Crippen LogP contribution in [0.1, 0.15) is 5.82 Å². The molecule has 0 spiro atoms. The molecule has 0 atom stereocenters. The van der Waals surface area contributed by atoms with Gasteiger partial charge in [0.2, 0.25) is 0 Å². The molecule has 3 aromatic rings. The highest BCUT2D eigenvalue weighted by Gasteiger charge is 2.12. The first-order valence-corrected chi connectivity index (χ1v) is 8.88. The summed E-state index contributed by atoms with van der Waals surface area (Å²) >= 11 is 5.95. The maximum atomic E-state index is 12.7. The standard InChI is InChI=1S/C20H19ClN4O2/c1-24(11-12-27-16-6-4-5-15(21)13-16)14-19-23-18-8-3-2-7-17(18)20(26)25(19)10-9-22/h2-8,13H,10-12,14H2,1H3. The van der Waals surface area contributed by atoms with Crippen molar-refractivity contribution < 1.29 is 4.74 Å². The van der Waals surface area contributed by atoms with Gasteiger partial charge in [0.1, 0.15) is 24.7 Å². The van der Waals surface area contributed by atoms with Gasteiger partial charge < -0.3 is 4.74 Å². The molecule has 0 N–H and O–H groups in total. The van der Waals surface area contributed by atoms with Crippen LogP contribution in [0, 0.1) is 11.3 Å². The summed E-state index contributed by atoms with van der Waals surface area (Å²) in [6.07, 6.45) is 0. The fraction of sp³-hybridized carbons (Fsp3) is 0.250. The molecule has 1 aromatic heterocycles. The van der Waals surface area contributed by atoms with Crippen LogP contribution >= 0.6 is 11.6 Å². The monoisotopic (exact) mass is 382 g/mol. The minimum Gasteiger partial charge on any atom is -0.492 e. The SMILES string of the molecule is CN(CCOc1cccc(Cl)c1)Cc1nc2ccccc2c(=O)n1CC#N. The third-order valence-electron chi connectivity index (χ3n) is 4.12. The van der Waals surface area contributed by atoms with Gasteiger partial charge >= 0.3 is 0 Å². The molecule has 0 bridgehead atoms. The van der Waals surface area contributed by atoms with Gasteiger partial charge in [-0.25, -0.2) is 4.98 Å². The van der Waals surface area contributed by atoms with Crippen molar-refractivity contribution in [1.29, 1.82) is 5.26 Å². The Kier molecular flexibility index (Phi) is 6.07. The van der Waals surface area contributed by atoms with Gasteiger partial charge in [-0.05, 0) is 37.4 Å². The highest BCUT2D eigenvalue weighted by atomic mass is 35.5. The van der Waals surface area contributed by atoms with Gasteiger partial charge in [-0.3, -0.25) is 14.3 Å². The molecular weight excluding hydrogens is 364 g/mol. The van der Waals surface area contributed by atoms with Crippen LogP contribution in [0.3, 0.4) is 0 Å². The van der Waals surface area contributed by atoms with Gasteiger partial charge in [0, 0.05) is 11.6 Å². The van der Waals surface area contributed by atoms with Crippen LogP contribution in [0.2, 0.25) is 5.02 Å². The Balaban J connectivity index is 1.72. The number of fused-ring (bicyclic) bond motifs is 1. The molecule has 27 heavy (non-hydrogen) atoms. The molecule has 0 saturated carbocycles. The van der Waals surface area contributed by atoms with Crippen LogP contribution in [0.15, 0.2) is 53.3 Å². The molecule has 7 heteroatoms. The molecule has 0 aliphatic carbocycles. The topological polar surface area (TPSA) is 71.2 Å². The summed E-state index contributed by atoms with van der Waals surface area (Å²) in [5.41, 5.74) is 0.441. The van der Waals surface area contributed by atoms with Crippen molar-refractivity contribution in [2.24, 2.45) is 0 Å². The number of nitriles is 1. The van der Waals surface area contributed by atoms with Crippen molar-refractivity contribution in [3.8, 4) is 11.8 Å². The molecule has 0 radical (unpaired) electrons. The van der Waals surface area contributed by atoms with E-state index in [-0.39, 0.29) is 12.1 Å². The van der Waals surface area contributed by atoms with E-state index in [2.05, 4.69) is 4.98 Å². The maximum Gasteiger partial charge on any atom is 0.262 e. The number of para-hydroxylation sites is 1. The van der Waals surface area contributed by atoms with Gasteiger partial charge in [-0.1, -0.05) is 29.8 Å². The highest BCUT2D eigenvalue weighted by molar-refractivity contribution is 6.30. The van der Waals surface area contributed by atoms with E-state index in [0.29, 0.717) is 47.2 Å². The van der Waals surface area contributed by atoms with E-state index in [4.69, 9.17) is 21.6 Å². The molecule has 0 saturated heterocycles. The summed E-state index contributed by atoms with van der Waals surface area (Å²) in [5, 5.41) is 10.2. The zero-order valence-corrected chi connectivity index (χ0v) is 15.7. The number of benzene rings is 2. The Hall–Kier alpha value is -2.88. The van der Waals surface area contributed by atoms with E-state index in [1.54, 1.807) is 30.3 Å². The first kappa shape index (κ1) is 18.9. The average molecular weight is 383 g/mol. The summed E-state index contributed by atoms with van der Waals surface area (Å²) in [5.74, 6) is 1.27. The van der Waals surface area contributed by atoms with Gasteiger partial charge in [-0.2, -0.15) is 5.26 Å². The molecule has 0 aliphatic rings. The van der Waals surface area contributed by atoms with Gasteiger partial charge in [0.15, 0.2) is 0 Å². The Morgan fingerprint density at radius 3 is 2.85 bits per heavy atom. The van der Waals surface area contributed by atoms with Crippen molar-refractivity contribution in [3.63, 3.8) is 0 Å². The molecule has 6 nitrogen and oxygen atoms in total. The first-order chi connectivity index (χ1) is 13.1. The Morgan fingerprint density at radius 2 is 2.07 bits per heavy atom. The number of likely N-dealkylation sites (N-methyl/N-ethyl adjacent to an activating group) is 1. The Morgan fingerprint density at radius 1 is 1.26 bits per heavy atom. The van der Waals surface area contributed by atoms with E-state index in [9.17, 15) is 4.79 Å². The zero-order chi connectivity index (χ0) is 19.2.